The first-order chi connectivity index (χ1) is 9.10. The summed E-state index contributed by atoms with van der Waals surface area (Å²) < 4.78 is 4.98. The Morgan fingerprint density at radius 2 is 2.26 bits per heavy atom. The summed E-state index contributed by atoms with van der Waals surface area (Å²) in [6.07, 6.45) is 3.13. The Balaban J connectivity index is 2.79. The number of hydrogen-bond donors (Lipinski definition) is 2. The number of anilines is 2. The minimum Gasteiger partial charge on any atom is -0.462 e. The lowest BCUT2D eigenvalue weighted by molar-refractivity contribution is 0.0527. The molecule has 1 aromatic rings. The van der Waals surface area contributed by atoms with Gasteiger partial charge in [-0.15, -0.1) is 0 Å². The number of nitrogens with one attached hydrogen (secondary N) is 1. The van der Waals surface area contributed by atoms with Crippen molar-refractivity contribution in [3.05, 3.63) is 23.8 Å². The summed E-state index contributed by atoms with van der Waals surface area (Å²) in [5.41, 5.74) is 7.69. The number of esters is 1. The molecule has 4 nitrogen and oxygen atoms in total. The van der Waals surface area contributed by atoms with Crippen molar-refractivity contribution in [2.75, 3.05) is 29.7 Å². The second-order valence-corrected chi connectivity index (χ2v) is 5.30. The van der Waals surface area contributed by atoms with E-state index < -0.39 is 0 Å². The van der Waals surface area contributed by atoms with Crippen molar-refractivity contribution in [1.82, 2.24) is 0 Å². The van der Waals surface area contributed by atoms with E-state index in [0.717, 1.165) is 17.9 Å². The summed E-state index contributed by atoms with van der Waals surface area (Å²) in [5.74, 6) is 0.714. The predicted molar refractivity (Wildman–Crippen MR) is 82.9 cm³/mol. The van der Waals surface area contributed by atoms with Crippen molar-refractivity contribution in [2.24, 2.45) is 0 Å². The molecule has 0 aliphatic heterocycles. The fourth-order valence-corrected chi connectivity index (χ4v) is 2.30. The number of nitrogen functional groups attached to an aromatic ring is 1. The summed E-state index contributed by atoms with van der Waals surface area (Å²) in [6, 6.07) is 5.69. The van der Waals surface area contributed by atoms with Gasteiger partial charge in [-0.2, -0.15) is 11.8 Å². The highest BCUT2D eigenvalue weighted by Gasteiger charge is 2.14. The number of nitrogens with two attached hydrogens (primary N) is 1. The van der Waals surface area contributed by atoms with Gasteiger partial charge in [0, 0.05) is 6.04 Å². The zero-order valence-electron chi connectivity index (χ0n) is 11.7. The Morgan fingerprint density at radius 3 is 2.89 bits per heavy atom. The number of thioether (sulfide) groups is 1. The molecule has 0 heterocycles. The lowest BCUT2D eigenvalue weighted by Crippen LogP contribution is -2.18. The second-order valence-electron chi connectivity index (χ2n) is 4.31. The van der Waals surface area contributed by atoms with Crippen molar-refractivity contribution in [2.45, 2.75) is 26.3 Å². The smallest absolute Gasteiger partial charge is 0.340 e. The van der Waals surface area contributed by atoms with E-state index in [1.165, 1.54) is 0 Å². The third-order valence-electron chi connectivity index (χ3n) is 2.76. The number of carbonyl (C=O) groups excluding carboxylic acids is 1. The molecule has 1 aromatic carbocycles. The van der Waals surface area contributed by atoms with Crippen LogP contribution >= 0.6 is 11.8 Å². The number of benzene rings is 1. The molecule has 0 amide bonds. The molecule has 0 spiro atoms. The van der Waals surface area contributed by atoms with Crippen LogP contribution in [0.2, 0.25) is 0 Å². The Morgan fingerprint density at radius 1 is 1.53 bits per heavy atom. The molecular weight excluding hydrogens is 260 g/mol. The quantitative estimate of drug-likeness (QED) is 0.594. The number of ether oxygens (including phenoxy) is 1. The Labute approximate surface area is 119 Å². The van der Waals surface area contributed by atoms with Gasteiger partial charge in [0.25, 0.3) is 0 Å². The molecule has 0 radical (unpaired) electrons. The standard InChI is InChI=1S/C14H22N2O2S/c1-4-18-14(17)11-6-5-7-12(13(11)15)16-10(2)8-9-19-3/h5-7,10,16H,4,8-9,15H2,1-3H3. The van der Waals surface area contributed by atoms with Crippen molar-refractivity contribution < 1.29 is 9.53 Å². The molecule has 0 aliphatic rings. The predicted octanol–water partition coefficient (Wildman–Crippen LogP) is 3.00. The summed E-state index contributed by atoms with van der Waals surface area (Å²) in [4.78, 5) is 11.7. The van der Waals surface area contributed by atoms with E-state index >= 15 is 0 Å². The highest BCUT2D eigenvalue weighted by Crippen LogP contribution is 2.24. The van der Waals surface area contributed by atoms with E-state index in [1.807, 2.05) is 23.9 Å². The van der Waals surface area contributed by atoms with Gasteiger partial charge in [0.05, 0.1) is 23.5 Å². The Bertz CT molecular complexity index is 424. The minimum atomic E-state index is -0.375. The molecule has 0 aliphatic carbocycles. The van der Waals surface area contributed by atoms with E-state index in [9.17, 15) is 4.79 Å². The van der Waals surface area contributed by atoms with Crippen LogP contribution in [0.1, 0.15) is 30.6 Å². The normalized spacial score (nSPS) is 11.9. The molecule has 19 heavy (non-hydrogen) atoms. The first kappa shape index (κ1) is 15.7. The van der Waals surface area contributed by atoms with Gasteiger partial charge in [-0.05, 0) is 44.4 Å². The van der Waals surface area contributed by atoms with Crippen molar-refractivity contribution >= 4 is 29.1 Å². The van der Waals surface area contributed by atoms with Gasteiger partial charge in [0.15, 0.2) is 0 Å². The number of rotatable bonds is 7. The molecular formula is C14H22N2O2S. The fourth-order valence-electron chi connectivity index (χ4n) is 1.71. The second kappa shape index (κ2) is 7.94. The highest BCUT2D eigenvalue weighted by atomic mass is 32.2. The van der Waals surface area contributed by atoms with E-state index in [1.54, 1.807) is 13.0 Å². The van der Waals surface area contributed by atoms with Gasteiger partial charge < -0.3 is 15.8 Å². The summed E-state index contributed by atoms with van der Waals surface area (Å²) in [6.45, 7) is 4.23. The molecule has 1 atom stereocenters. The maximum atomic E-state index is 11.7. The van der Waals surface area contributed by atoms with Crippen molar-refractivity contribution in [3.63, 3.8) is 0 Å². The summed E-state index contributed by atoms with van der Waals surface area (Å²) >= 11 is 1.81. The monoisotopic (exact) mass is 282 g/mol. The Kier molecular flexibility index (Phi) is 6.56. The van der Waals surface area contributed by atoms with Crippen LogP contribution in [-0.2, 0) is 4.74 Å². The van der Waals surface area contributed by atoms with Gasteiger partial charge in [-0.25, -0.2) is 4.79 Å². The molecule has 0 saturated heterocycles. The molecule has 0 aromatic heterocycles. The number of hydrogen-bond acceptors (Lipinski definition) is 5. The molecule has 1 unspecified atom stereocenters. The summed E-state index contributed by atoms with van der Waals surface area (Å²) in [5, 5.41) is 3.34. The first-order valence-electron chi connectivity index (χ1n) is 6.41. The lowest BCUT2D eigenvalue weighted by atomic mass is 10.1. The third kappa shape index (κ3) is 4.67. The van der Waals surface area contributed by atoms with Crippen LogP contribution in [0.4, 0.5) is 11.4 Å². The Hall–Kier alpha value is -1.36. The lowest BCUT2D eigenvalue weighted by Gasteiger charge is -2.17. The van der Waals surface area contributed by atoms with E-state index in [-0.39, 0.29) is 5.97 Å². The molecule has 1 rings (SSSR count). The zero-order valence-corrected chi connectivity index (χ0v) is 12.5. The molecule has 0 bridgehead atoms. The highest BCUT2D eigenvalue weighted by molar-refractivity contribution is 7.98. The van der Waals surface area contributed by atoms with Crippen LogP contribution in [0.25, 0.3) is 0 Å². The average Bonchev–Trinajstić information content (AvgIpc) is 2.39. The van der Waals surface area contributed by atoms with Gasteiger partial charge in [-0.1, -0.05) is 6.07 Å². The fraction of sp³-hybridized carbons (Fsp3) is 0.500. The van der Waals surface area contributed by atoms with Crippen LogP contribution < -0.4 is 11.1 Å². The van der Waals surface area contributed by atoms with E-state index in [0.29, 0.717) is 23.9 Å². The molecule has 5 heteroatoms. The topological polar surface area (TPSA) is 64.3 Å². The molecule has 0 saturated carbocycles. The molecule has 0 fully saturated rings. The SMILES string of the molecule is CCOC(=O)c1cccc(NC(C)CCSC)c1N. The largest absolute Gasteiger partial charge is 0.462 e. The molecule has 106 valence electrons. The number of carbonyl (C=O) groups is 1. The van der Waals surface area contributed by atoms with E-state index in [4.69, 9.17) is 10.5 Å². The van der Waals surface area contributed by atoms with Gasteiger partial charge >= 0.3 is 5.97 Å². The number of para-hydroxylation sites is 1. The van der Waals surface area contributed by atoms with Gasteiger partial charge in [0.2, 0.25) is 0 Å². The maximum Gasteiger partial charge on any atom is 0.340 e. The maximum absolute atomic E-state index is 11.7. The van der Waals surface area contributed by atoms with Crippen LogP contribution in [0.5, 0.6) is 0 Å². The van der Waals surface area contributed by atoms with Crippen LogP contribution in [-0.4, -0.2) is 30.6 Å². The summed E-state index contributed by atoms with van der Waals surface area (Å²) in [7, 11) is 0. The van der Waals surface area contributed by atoms with Gasteiger partial charge in [0.1, 0.15) is 0 Å². The van der Waals surface area contributed by atoms with Crippen LogP contribution in [0.3, 0.4) is 0 Å². The van der Waals surface area contributed by atoms with Crippen molar-refractivity contribution in [3.8, 4) is 0 Å². The first-order valence-corrected chi connectivity index (χ1v) is 7.80. The molecule has 3 N–H and O–H groups in total. The van der Waals surface area contributed by atoms with Gasteiger partial charge in [-0.3, -0.25) is 0 Å². The minimum absolute atomic E-state index is 0.312. The zero-order chi connectivity index (χ0) is 14.3. The van der Waals surface area contributed by atoms with Crippen molar-refractivity contribution in [1.29, 1.82) is 0 Å². The van der Waals surface area contributed by atoms with Crippen LogP contribution in [0, 0.1) is 0 Å². The van der Waals surface area contributed by atoms with Crippen LogP contribution in [0.15, 0.2) is 18.2 Å². The third-order valence-corrected chi connectivity index (χ3v) is 3.40. The average molecular weight is 282 g/mol. The van der Waals surface area contributed by atoms with E-state index in [2.05, 4.69) is 18.5 Å².